The second-order valence-corrected chi connectivity index (χ2v) is 5.84. The van der Waals surface area contributed by atoms with E-state index in [2.05, 4.69) is 5.32 Å². The molecule has 1 N–H and O–H groups in total. The number of ether oxygens (including phenoxy) is 1. The Labute approximate surface area is 131 Å². The molecule has 0 aromatic heterocycles. The van der Waals surface area contributed by atoms with Crippen molar-refractivity contribution in [3.63, 3.8) is 0 Å². The summed E-state index contributed by atoms with van der Waals surface area (Å²) < 4.78 is 19.0. The van der Waals surface area contributed by atoms with Crippen LogP contribution in [0.2, 0.25) is 0 Å². The predicted octanol–water partition coefficient (Wildman–Crippen LogP) is 0.704. The van der Waals surface area contributed by atoms with E-state index in [9.17, 15) is 9.18 Å². The molecule has 1 amide bonds. The summed E-state index contributed by atoms with van der Waals surface area (Å²) in [6.07, 6.45) is -0.0862. The van der Waals surface area contributed by atoms with Crippen LogP contribution >= 0.6 is 0 Å². The van der Waals surface area contributed by atoms with Gasteiger partial charge in [0.05, 0.1) is 19.3 Å². The molecule has 0 radical (unpaired) electrons. The molecule has 0 aliphatic carbocycles. The fourth-order valence-corrected chi connectivity index (χ4v) is 2.35. The molecule has 1 unspecified atom stereocenters. The van der Waals surface area contributed by atoms with Crippen LogP contribution in [0.1, 0.15) is 5.56 Å². The highest BCUT2D eigenvalue weighted by atomic mass is 19.1. The minimum atomic E-state index is -0.261. The third-order valence-corrected chi connectivity index (χ3v) is 3.62. The minimum absolute atomic E-state index is 0.0862. The number of amides is 1. The van der Waals surface area contributed by atoms with Gasteiger partial charge in [0.2, 0.25) is 5.91 Å². The van der Waals surface area contributed by atoms with Crippen molar-refractivity contribution >= 4 is 5.91 Å². The molecule has 0 bridgehead atoms. The standard InChI is InChI=1S/C16H24FN3O2/c1-19(2)6-7-20-11-15(9-18-10-16(20)21)22-12-13-4-3-5-14(17)8-13/h3-5,8,15,18H,6-7,9-12H2,1-2H3. The number of rotatable bonds is 6. The molecule has 6 heteroatoms. The molecule has 1 aliphatic rings. The van der Waals surface area contributed by atoms with Crippen molar-refractivity contribution in [1.82, 2.24) is 15.1 Å². The lowest BCUT2D eigenvalue weighted by molar-refractivity contribution is -0.130. The van der Waals surface area contributed by atoms with Crippen LogP contribution in [0.3, 0.4) is 0 Å². The molecule has 5 nitrogen and oxygen atoms in total. The lowest BCUT2D eigenvalue weighted by Gasteiger charge is -2.25. The molecule has 1 fully saturated rings. The monoisotopic (exact) mass is 309 g/mol. The van der Waals surface area contributed by atoms with Gasteiger partial charge in [-0.2, -0.15) is 0 Å². The van der Waals surface area contributed by atoms with Gasteiger partial charge in [0.15, 0.2) is 0 Å². The van der Waals surface area contributed by atoms with Crippen LogP contribution in [0.15, 0.2) is 24.3 Å². The van der Waals surface area contributed by atoms with E-state index < -0.39 is 0 Å². The van der Waals surface area contributed by atoms with E-state index in [-0.39, 0.29) is 17.8 Å². The Hall–Kier alpha value is -1.50. The predicted molar refractivity (Wildman–Crippen MR) is 83.0 cm³/mol. The van der Waals surface area contributed by atoms with Gasteiger partial charge in [-0.1, -0.05) is 12.1 Å². The zero-order chi connectivity index (χ0) is 15.9. The summed E-state index contributed by atoms with van der Waals surface area (Å²) in [7, 11) is 3.97. The molecular formula is C16H24FN3O2. The second-order valence-electron chi connectivity index (χ2n) is 5.84. The average molecular weight is 309 g/mol. The highest BCUT2D eigenvalue weighted by Crippen LogP contribution is 2.09. The van der Waals surface area contributed by atoms with Crippen molar-refractivity contribution in [2.24, 2.45) is 0 Å². The van der Waals surface area contributed by atoms with Gasteiger partial charge in [0.1, 0.15) is 5.82 Å². The molecule has 1 aromatic carbocycles. The van der Waals surface area contributed by atoms with Crippen LogP contribution in [-0.4, -0.2) is 68.6 Å². The van der Waals surface area contributed by atoms with Crippen LogP contribution in [0.5, 0.6) is 0 Å². The average Bonchev–Trinajstić information content (AvgIpc) is 2.65. The van der Waals surface area contributed by atoms with Crippen molar-refractivity contribution in [3.05, 3.63) is 35.6 Å². The number of benzene rings is 1. The van der Waals surface area contributed by atoms with E-state index in [0.717, 1.165) is 12.1 Å². The lowest BCUT2D eigenvalue weighted by atomic mass is 10.2. The van der Waals surface area contributed by atoms with Crippen molar-refractivity contribution in [3.8, 4) is 0 Å². The van der Waals surface area contributed by atoms with Crippen LogP contribution in [0.4, 0.5) is 4.39 Å². The van der Waals surface area contributed by atoms with E-state index >= 15 is 0 Å². The summed E-state index contributed by atoms with van der Waals surface area (Å²) in [6, 6.07) is 6.39. The zero-order valence-corrected chi connectivity index (χ0v) is 13.2. The zero-order valence-electron chi connectivity index (χ0n) is 13.2. The molecular weight excluding hydrogens is 285 g/mol. The minimum Gasteiger partial charge on any atom is -0.370 e. The maximum absolute atomic E-state index is 13.2. The number of hydrogen-bond acceptors (Lipinski definition) is 4. The first-order valence-electron chi connectivity index (χ1n) is 7.54. The Morgan fingerprint density at radius 1 is 1.45 bits per heavy atom. The van der Waals surface area contributed by atoms with Crippen molar-refractivity contribution < 1.29 is 13.9 Å². The van der Waals surface area contributed by atoms with E-state index in [1.54, 1.807) is 6.07 Å². The van der Waals surface area contributed by atoms with Gasteiger partial charge in [0, 0.05) is 26.2 Å². The largest absolute Gasteiger partial charge is 0.370 e. The highest BCUT2D eigenvalue weighted by molar-refractivity contribution is 5.78. The third-order valence-electron chi connectivity index (χ3n) is 3.62. The Kier molecular flexibility index (Phi) is 6.30. The Balaban J connectivity index is 1.88. The molecule has 1 saturated heterocycles. The van der Waals surface area contributed by atoms with Crippen LogP contribution < -0.4 is 5.32 Å². The van der Waals surface area contributed by atoms with Crippen molar-refractivity contribution in [1.29, 1.82) is 0 Å². The lowest BCUT2D eigenvalue weighted by Crippen LogP contribution is -2.41. The first-order valence-corrected chi connectivity index (χ1v) is 7.54. The molecule has 1 atom stereocenters. The smallest absolute Gasteiger partial charge is 0.236 e. The molecule has 122 valence electrons. The molecule has 1 aliphatic heterocycles. The summed E-state index contributed by atoms with van der Waals surface area (Å²) in [5.74, 6) is -0.165. The molecule has 1 heterocycles. The van der Waals surface area contributed by atoms with E-state index in [1.165, 1.54) is 12.1 Å². The fourth-order valence-electron chi connectivity index (χ4n) is 2.35. The quantitative estimate of drug-likeness (QED) is 0.840. The topological polar surface area (TPSA) is 44.8 Å². The highest BCUT2D eigenvalue weighted by Gasteiger charge is 2.23. The van der Waals surface area contributed by atoms with Crippen LogP contribution in [0, 0.1) is 5.82 Å². The molecule has 2 rings (SSSR count). The molecule has 22 heavy (non-hydrogen) atoms. The van der Waals surface area contributed by atoms with Gasteiger partial charge in [-0.25, -0.2) is 4.39 Å². The summed E-state index contributed by atoms with van der Waals surface area (Å²) in [5, 5.41) is 3.11. The number of nitrogens with zero attached hydrogens (tertiary/aromatic N) is 2. The van der Waals surface area contributed by atoms with Gasteiger partial charge in [-0.05, 0) is 31.8 Å². The van der Waals surface area contributed by atoms with Gasteiger partial charge >= 0.3 is 0 Å². The number of halogens is 1. The Bertz CT molecular complexity index is 496. The van der Waals surface area contributed by atoms with Gasteiger partial charge in [-0.15, -0.1) is 0 Å². The number of likely N-dealkylation sites (N-methyl/N-ethyl adjacent to an activating group) is 1. The number of hydrogen-bond donors (Lipinski definition) is 1. The first kappa shape index (κ1) is 16.9. The fraction of sp³-hybridized carbons (Fsp3) is 0.562. The van der Waals surface area contributed by atoms with Gasteiger partial charge < -0.3 is 19.9 Å². The third kappa shape index (κ3) is 5.36. The number of nitrogens with one attached hydrogen (secondary N) is 1. The summed E-state index contributed by atoms with van der Waals surface area (Å²) >= 11 is 0. The van der Waals surface area contributed by atoms with Crippen molar-refractivity contribution in [2.45, 2.75) is 12.7 Å². The second kappa shape index (κ2) is 8.22. The summed E-state index contributed by atoms with van der Waals surface area (Å²) in [4.78, 5) is 15.9. The van der Waals surface area contributed by atoms with Crippen molar-refractivity contribution in [2.75, 3.05) is 46.8 Å². The normalized spacial score (nSPS) is 19.5. The molecule has 1 aromatic rings. The first-order chi connectivity index (χ1) is 10.5. The van der Waals surface area contributed by atoms with Gasteiger partial charge in [0.25, 0.3) is 0 Å². The Morgan fingerprint density at radius 3 is 3.00 bits per heavy atom. The SMILES string of the molecule is CN(C)CCN1CC(OCc2cccc(F)c2)CNCC1=O. The number of carbonyl (C=O) groups excluding carboxylic acids is 1. The molecule has 0 saturated carbocycles. The molecule has 0 spiro atoms. The van der Waals surface area contributed by atoms with Gasteiger partial charge in [-0.3, -0.25) is 4.79 Å². The number of carbonyl (C=O) groups is 1. The van der Waals surface area contributed by atoms with Crippen LogP contribution in [0.25, 0.3) is 0 Å². The maximum atomic E-state index is 13.2. The van der Waals surface area contributed by atoms with E-state index in [4.69, 9.17) is 4.74 Å². The summed E-state index contributed by atoms with van der Waals surface area (Å²) in [6.45, 7) is 3.39. The van der Waals surface area contributed by atoms with E-state index in [0.29, 0.717) is 32.8 Å². The van der Waals surface area contributed by atoms with E-state index in [1.807, 2.05) is 30.0 Å². The van der Waals surface area contributed by atoms with Crippen LogP contribution in [-0.2, 0) is 16.1 Å². The Morgan fingerprint density at radius 2 is 2.27 bits per heavy atom. The summed E-state index contributed by atoms with van der Waals surface area (Å²) in [5.41, 5.74) is 0.801. The maximum Gasteiger partial charge on any atom is 0.236 e.